The first-order valence-corrected chi connectivity index (χ1v) is 10.2. The molecule has 1 aliphatic rings. The molecule has 0 aromatic heterocycles. The number of nitrogens with zero attached hydrogens (tertiary/aromatic N) is 2. The predicted molar refractivity (Wildman–Crippen MR) is 116 cm³/mol. The number of benzene rings is 2. The van der Waals surface area contributed by atoms with Crippen LogP contribution in [0.1, 0.15) is 12.0 Å². The van der Waals surface area contributed by atoms with Gasteiger partial charge >= 0.3 is 0 Å². The maximum atomic E-state index is 11.9. The van der Waals surface area contributed by atoms with Crippen molar-refractivity contribution in [2.24, 2.45) is 0 Å². The molecular formula is C23H31N3O3. The minimum Gasteiger partial charge on any atom is -0.497 e. The minimum absolute atomic E-state index is 0.0595. The molecule has 2 aromatic rings. The Morgan fingerprint density at radius 2 is 1.79 bits per heavy atom. The smallest absolute Gasteiger partial charge is 0.257 e. The van der Waals surface area contributed by atoms with Crippen LogP contribution >= 0.6 is 0 Å². The van der Waals surface area contributed by atoms with Gasteiger partial charge in [-0.25, -0.2) is 0 Å². The van der Waals surface area contributed by atoms with Crippen molar-refractivity contribution in [2.45, 2.75) is 13.3 Å². The summed E-state index contributed by atoms with van der Waals surface area (Å²) < 4.78 is 10.8. The van der Waals surface area contributed by atoms with E-state index in [-0.39, 0.29) is 12.5 Å². The number of methoxy groups -OCH3 is 1. The quantitative estimate of drug-likeness (QED) is 0.660. The highest BCUT2D eigenvalue weighted by atomic mass is 16.5. The number of rotatable bonds is 9. The molecule has 1 amide bonds. The number of amides is 1. The molecule has 0 unspecified atom stereocenters. The van der Waals surface area contributed by atoms with E-state index in [1.165, 1.54) is 5.69 Å². The first-order chi connectivity index (χ1) is 14.1. The monoisotopic (exact) mass is 397 g/mol. The van der Waals surface area contributed by atoms with E-state index in [9.17, 15) is 4.79 Å². The lowest BCUT2D eigenvalue weighted by Gasteiger charge is -2.36. The lowest BCUT2D eigenvalue weighted by Crippen LogP contribution is -2.47. The topological polar surface area (TPSA) is 54.0 Å². The van der Waals surface area contributed by atoms with Gasteiger partial charge in [0, 0.05) is 38.4 Å². The van der Waals surface area contributed by atoms with E-state index in [2.05, 4.69) is 27.2 Å². The molecule has 1 N–H and O–H groups in total. The van der Waals surface area contributed by atoms with Crippen molar-refractivity contribution in [3.63, 3.8) is 0 Å². The van der Waals surface area contributed by atoms with Crippen LogP contribution in [-0.4, -0.2) is 63.8 Å². The fraction of sp³-hybridized carbons (Fsp3) is 0.435. The number of carbonyl (C=O) groups is 1. The Hall–Kier alpha value is -2.73. The molecule has 156 valence electrons. The number of carbonyl (C=O) groups excluding carboxylic acids is 1. The number of piperazine rings is 1. The summed E-state index contributed by atoms with van der Waals surface area (Å²) in [5.74, 6) is 1.55. The van der Waals surface area contributed by atoms with Crippen molar-refractivity contribution >= 4 is 11.6 Å². The molecule has 1 fully saturated rings. The van der Waals surface area contributed by atoms with Crippen LogP contribution in [0, 0.1) is 6.92 Å². The molecule has 1 saturated heterocycles. The SMILES string of the molecule is COc1ccc(N2CCN(CCCNC(=O)COc3cccc(C)c3)CC2)cc1. The Morgan fingerprint density at radius 3 is 2.48 bits per heavy atom. The van der Waals surface area contributed by atoms with E-state index >= 15 is 0 Å². The molecule has 1 heterocycles. The van der Waals surface area contributed by atoms with Crippen molar-refractivity contribution < 1.29 is 14.3 Å². The van der Waals surface area contributed by atoms with Gasteiger partial charge in [0.05, 0.1) is 7.11 Å². The van der Waals surface area contributed by atoms with Gasteiger partial charge in [0.25, 0.3) is 5.91 Å². The molecule has 0 spiro atoms. The number of aryl methyl sites for hydroxylation is 1. The molecule has 3 rings (SSSR count). The molecule has 0 saturated carbocycles. The van der Waals surface area contributed by atoms with Crippen molar-refractivity contribution in [2.75, 3.05) is 57.9 Å². The first-order valence-electron chi connectivity index (χ1n) is 10.2. The van der Waals surface area contributed by atoms with E-state index in [1.807, 2.05) is 43.3 Å². The molecule has 6 heteroatoms. The van der Waals surface area contributed by atoms with Crippen LogP contribution in [0.2, 0.25) is 0 Å². The number of ether oxygens (including phenoxy) is 2. The minimum atomic E-state index is -0.0733. The van der Waals surface area contributed by atoms with Gasteiger partial charge in [-0.15, -0.1) is 0 Å². The standard InChI is InChI=1S/C23H31N3O3/c1-19-5-3-6-22(17-19)29-18-23(27)24-11-4-12-25-13-15-26(16-14-25)20-7-9-21(28-2)10-8-20/h3,5-10,17H,4,11-16,18H2,1-2H3,(H,24,27). The van der Waals surface area contributed by atoms with Crippen molar-refractivity contribution in [1.29, 1.82) is 0 Å². The van der Waals surface area contributed by atoms with E-state index in [0.717, 1.165) is 56.2 Å². The van der Waals surface area contributed by atoms with Crippen molar-refractivity contribution in [3.05, 3.63) is 54.1 Å². The van der Waals surface area contributed by atoms with Crippen LogP contribution in [-0.2, 0) is 4.79 Å². The van der Waals surface area contributed by atoms with E-state index < -0.39 is 0 Å². The van der Waals surface area contributed by atoms with Crippen LogP contribution in [0.25, 0.3) is 0 Å². The Morgan fingerprint density at radius 1 is 1.03 bits per heavy atom. The van der Waals surface area contributed by atoms with Crippen LogP contribution in [0.4, 0.5) is 5.69 Å². The third-order valence-electron chi connectivity index (χ3n) is 5.14. The van der Waals surface area contributed by atoms with Gasteiger partial charge in [0.2, 0.25) is 0 Å². The molecule has 6 nitrogen and oxygen atoms in total. The summed E-state index contributed by atoms with van der Waals surface area (Å²) in [6, 6.07) is 16.0. The van der Waals surface area contributed by atoms with Gasteiger partial charge in [0.1, 0.15) is 11.5 Å². The van der Waals surface area contributed by atoms with Crippen LogP contribution in [0.15, 0.2) is 48.5 Å². The highest BCUT2D eigenvalue weighted by molar-refractivity contribution is 5.77. The Balaban J connectivity index is 1.28. The van der Waals surface area contributed by atoms with Crippen LogP contribution < -0.4 is 19.7 Å². The number of nitrogens with one attached hydrogen (secondary N) is 1. The second-order valence-electron chi connectivity index (χ2n) is 7.34. The third-order valence-corrected chi connectivity index (χ3v) is 5.14. The first kappa shape index (κ1) is 21.0. The summed E-state index contributed by atoms with van der Waals surface area (Å²) in [5, 5.41) is 2.94. The maximum absolute atomic E-state index is 11.9. The second kappa shape index (κ2) is 10.7. The molecule has 29 heavy (non-hydrogen) atoms. The van der Waals surface area contributed by atoms with E-state index in [1.54, 1.807) is 7.11 Å². The molecule has 0 aliphatic carbocycles. The van der Waals surface area contributed by atoms with Gasteiger partial charge < -0.3 is 19.7 Å². The molecule has 0 atom stereocenters. The lowest BCUT2D eigenvalue weighted by atomic mass is 10.2. The van der Waals surface area contributed by atoms with Gasteiger partial charge in [0.15, 0.2) is 6.61 Å². The van der Waals surface area contributed by atoms with Gasteiger partial charge in [-0.2, -0.15) is 0 Å². The third kappa shape index (κ3) is 6.68. The van der Waals surface area contributed by atoms with E-state index in [4.69, 9.17) is 9.47 Å². The summed E-state index contributed by atoms with van der Waals surface area (Å²) in [4.78, 5) is 16.8. The number of anilines is 1. The molecule has 2 aromatic carbocycles. The molecule has 0 bridgehead atoms. The average Bonchev–Trinajstić information content (AvgIpc) is 2.76. The largest absolute Gasteiger partial charge is 0.497 e. The zero-order valence-electron chi connectivity index (χ0n) is 17.4. The maximum Gasteiger partial charge on any atom is 0.257 e. The normalized spacial score (nSPS) is 14.5. The fourth-order valence-electron chi connectivity index (χ4n) is 3.46. The summed E-state index contributed by atoms with van der Waals surface area (Å²) in [7, 11) is 1.69. The number of hydrogen-bond donors (Lipinski definition) is 1. The highest BCUT2D eigenvalue weighted by Crippen LogP contribution is 2.20. The van der Waals surface area contributed by atoms with Gasteiger partial charge in [-0.3, -0.25) is 9.69 Å². The summed E-state index contributed by atoms with van der Waals surface area (Å²) >= 11 is 0. The fourth-order valence-corrected chi connectivity index (χ4v) is 3.46. The second-order valence-corrected chi connectivity index (χ2v) is 7.34. The summed E-state index contributed by atoms with van der Waals surface area (Å²) in [5.41, 5.74) is 2.36. The molecule has 1 aliphatic heterocycles. The Kier molecular flexibility index (Phi) is 7.76. The van der Waals surface area contributed by atoms with Gasteiger partial charge in [-0.1, -0.05) is 12.1 Å². The Bertz CT molecular complexity index is 771. The van der Waals surface area contributed by atoms with Crippen molar-refractivity contribution in [1.82, 2.24) is 10.2 Å². The van der Waals surface area contributed by atoms with Gasteiger partial charge in [-0.05, 0) is 61.9 Å². The summed E-state index contributed by atoms with van der Waals surface area (Å²) in [6.45, 7) is 7.84. The predicted octanol–water partition coefficient (Wildman–Crippen LogP) is 2.71. The van der Waals surface area contributed by atoms with Crippen molar-refractivity contribution in [3.8, 4) is 11.5 Å². The lowest BCUT2D eigenvalue weighted by molar-refractivity contribution is -0.123. The highest BCUT2D eigenvalue weighted by Gasteiger charge is 2.16. The van der Waals surface area contributed by atoms with Crippen LogP contribution in [0.5, 0.6) is 11.5 Å². The zero-order chi connectivity index (χ0) is 20.5. The number of hydrogen-bond acceptors (Lipinski definition) is 5. The van der Waals surface area contributed by atoms with Crippen LogP contribution in [0.3, 0.4) is 0 Å². The summed E-state index contributed by atoms with van der Waals surface area (Å²) in [6.07, 6.45) is 0.943. The molecule has 0 radical (unpaired) electrons. The average molecular weight is 398 g/mol. The zero-order valence-corrected chi connectivity index (χ0v) is 17.4. The van der Waals surface area contributed by atoms with E-state index in [0.29, 0.717) is 6.54 Å². The molecular weight excluding hydrogens is 366 g/mol. The Labute approximate surface area is 173 Å².